The number of rotatable bonds is 6. The first kappa shape index (κ1) is 17.2. The molecule has 0 aliphatic rings. The molecule has 1 atom stereocenters. The van der Waals surface area contributed by atoms with Crippen LogP contribution < -0.4 is 9.46 Å². The minimum absolute atomic E-state index is 0.135. The Labute approximate surface area is 146 Å². The molecule has 0 amide bonds. The Morgan fingerprint density at radius 2 is 1.64 bits per heavy atom. The summed E-state index contributed by atoms with van der Waals surface area (Å²) in [7, 11) is 0. The van der Waals surface area contributed by atoms with Crippen molar-refractivity contribution >= 4 is 11.3 Å². The van der Waals surface area contributed by atoms with Crippen LogP contribution in [0, 0.1) is 5.82 Å². The fourth-order valence-corrected chi connectivity index (χ4v) is 2.47. The van der Waals surface area contributed by atoms with Gasteiger partial charge < -0.3 is 9.29 Å². The molecule has 1 N–H and O–H groups in total. The third-order valence-electron chi connectivity index (χ3n) is 3.38. The van der Waals surface area contributed by atoms with Crippen molar-refractivity contribution in [2.45, 2.75) is 6.54 Å². The highest BCUT2D eigenvalue weighted by atomic mass is 32.2. The molecule has 7 heteroatoms. The molecular formula is C18H14FN2O3S-. The molecule has 0 spiro atoms. The number of aromatic nitrogens is 1. The van der Waals surface area contributed by atoms with Crippen LogP contribution in [0.4, 0.5) is 4.39 Å². The Bertz CT molecular complexity index is 870. The number of ether oxygens (including phenoxy) is 1. The summed E-state index contributed by atoms with van der Waals surface area (Å²) in [5.41, 5.74) is 2.22. The van der Waals surface area contributed by atoms with Crippen molar-refractivity contribution in [3.63, 3.8) is 0 Å². The van der Waals surface area contributed by atoms with Gasteiger partial charge in [0.15, 0.2) is 0 Å². The first-order valence-corrected chi connectivity index (χ1v) is 8.50. The van der Waals surface area contributed by atoms with Crippen LogP contribution in [-0.2, 0) is 17.8 Å². The van der Waals surface area contributed by atoms with E-state index in [-0.39, 0.29) is 12.4 Å². The quantitative estimate of drug-likeness (QED) is 0.685. The number of benzene rings is 2. The largest absolute Gasteiger partial charge is 0.760 e. The van der Waals surface area contributed by atoms with Gasteiger partial charge in [-0.3, -0.25) is 9.19 Å². The Balaban J connectivity index is 1.72. The van der Waals surface area contributed by atoms with Crippen molar-refractivity contribution in [2.24, 2.45) is 0 Å². The summed E-state index contributed by atoms with van der Waals surface area (Å²) in [6, 6.07) is 18.5. The monoisotopic (exact) mass is 357 g/mol. The fourth-order valence-electron chi connectivity index (χ4n) is 2.20. The molecule has 3 aromatic rings. The van der Waals surface area contributed by atoms with E-state index in [0.717, 1.165) is 11.3 Å². The van der Waals surface area contributed by atoms with Gasteiger partial charge in [-0.1, -0.05) is 6.07 Å². The predicted octanol–water partition coefficient (Wildman–Crippen LogP) is 3.56. The molecule has 1 unspecified atom stereocenters. The summed E-state index contributed by atoms with van der Waals surface area (Å²) in [6.45, 7) is 0.135. The van der Waals surface area contributed by atoms with Gasteiger partial charge in [0.2, 0.25) is 0 Å². The van der Waals surface area contributed by atoms with E-state index < -0.39 is 11.3 Å². The molecule has 0 saturated heterocycles. The maximum absolute atomic E-state index is 12.9. The van der Waals surface area contributed by atoms with Gasteiger partial charge >= 0.3 is 0 Å². The van der Waals surface area contributed by atoms with Crippen LogP contribution in [0.15, 0.2) is 66.7 Å². The van der Waals surface area contributed by atoms with E-state index in [1.54, 1.807) is 30.3 Å². The van der Waals surface area contributed by atoms with Crippen LogP contribution >= 0.6 is 0 Å². The lowest BCUT2D eigenvalue weighted by Crippen LogP contribution is -2.16. The van der Waals surface area contributed by atoms with E-state index in [1.165, 1.54) is 12.1 Å². The summed E-state index contributed by atoms with van der Waals surface area (Å²) >= 11 is -2.32. The number of hydrogen-bond donors (Lipinski definition) is 1. The molecule has 0 aliphatic carbocycles. The molecule has 0 radical (unpaired) electrons. The van der Waals surface area contributed by atoms with E-state index in [4.69, 9.17) is 4.74 Å². The van der Waals surface area contributed by atoms with Crippen LogP contribution in [0.25, 0.3) is 11.3 Å². The minimum Gasteiger partial charge on any atom is -0.760 e. The topological polar surface area (TPSA) is 74.3 Å². The highest BCUT2D eigenvalue weighted by Crippen LogP contribution is 2.25. The Hall–Kier alpha value is -2.61. The molecule has 5 nitrogen and oxygen atoms in total. The molecule has 0 saturated carbocycles. The maximum atomic E-state index is 12.9. The number of nitrogens with one attached hydrogen (secondary N) is 1. The second kappa shape index (κ2) is 7.98. The molecular weight excluding hydrogens is 343 g/mol. The average molecular weight is 357 g/mol. The highest BCUT2D eigenvalue weighted by Gasteiger charge is 2.03. The van der Waals surface area contributed by atoms with E-state index in [1.807, 2.05) is 24.3 Å². The van der Waals surface area contributed by atoms with E-state index >= 15 is 0 Å². The molecule has 0 aliphatic heterocycles. The van der Waals surface area contributed by atoms with Gasteiger partial charge in [-0.15, -0.1) is 0 Å². The van der Waals surface area contributed by atoms with Crippen LogP contribution in [0.2, 0.25) is 0 Å². The molecule has 3 rings (SSSR count). The van der Waals surface area contributed by atoms with Crippen LogP contribution in [0.5, 0.6) is 11.5 Å². The summed E-state index contributed by atoms with van der Waals surface area (Å²) in [4.78, 5) is 4.42. The Morgan fingerprint density at radius 3 is 2.28 bits per heavy atom. The van der Waals surface area contributed by atoms with Gasteiger partial charge in [0.25, 0.3) is 0 Å². The number of pyridine rings is 1. The van der Waals surface area contributed by atoms with Gasteiger partial charge in [0.1, 0.15) is 17.3 Å². The Morgan fingerprint density at radius 1 is 1.00 bits per heavy atom. The second-order valence-corrected chi connectivity index (χ2v) is 5.91. The third-order valence-corrected chi connectivity index (χ3v) is 3.76. The average Bonchev–Trinajstić information content (AvgIpc) is 2.63. The summed E-state index contributed by atoms with van der Waals surface area (Å²) < 4.78 is 42.0. The third kappa shape index (κ3) is 4.93. The lowest BCUT2D eigenvalue weighted by molar-refractivity contribution is 0.480. The number of nitrogens with zero attached hydrogens (tertiary/aromatic N) is 1. The van der Waals surface area contributed by atoms with E-state index in [0.29, 0.717) is 17.2 Å². The summed E-state index contributed by atoms with van der Waals surface area (Å²) in [5, 5.41) is 0. The van der Waals surface area contributed by atoms with E-state index in [9.17, 15) is 13.2 Å². The zero-order valence-corrected chi connectivity index (χ0v) is 13.8. The number of halogens is 1. The lowest BCUT2D eigenvalue weighted by atomic mass is 10.1. The van der Waals surface area contributed by atoms with Gasteiger partial charge in [0, 0.05) is 23.4 Å². The van der Waals surface area contributed by atoms with Crippen molar-refractivity contribution in [1.29, 1.82) is 0 Å². The van der Waals surface area contributed by atoms with Crippen LogP contribution in [-0.4, -0.2) is 13.7 Å². The first-order chi connectivity index (χ1) is 12.1. The van der Waals surface area contributed by atoms with Crippen LogP contribution in [0.3, 0.4) is 0 Å². The molecule has 0 fully saturated rings. The van der Waals surface area contributed by atoms with Crippen molar-refractivity contribution < 1.29 is 17.9 Å². The first-order valence-electron chi connectivity index (χ1n) is 7.43. The standard InChI is InChI=1S/C18H15FN2O3S/c19-14-6-10-17(11-7-14)24-16-8-4-13(5-9-16)18-3-1-2-15(21-18)12-20-25(22)23/h1-11,20H,12H2,(H,22,23)/p-1. The second-order valence-electron chi connectivity index (χ2n) is 5.15. The maximum Gasteiger partial charge on any atom is 0.127 e. The van der Waals surface area contributed by atoms with Crippen molar-refractivity contribution in [1.82, 2.24) is 9.71 Å². The molecule has 2 aromatic carbocycles. The van der Waals surface area contributed by atoms with Crippen molar-refractivity contribution in [2.75, 3.05) is 0 Å². The normalized spacial score (nSPS) is 11.9. The lowest BCUT2D eigenvalue weighted by Gasteiger charge is -2.09. The molecule has 1 heterocycles. The predicted molar refractivity (Wildman–Crippen MR) is 91.9 cm³/mol. The van der Waals surface area contributed by atoms with Crippen molar-refractivity contribution in [3.05, 3.63) is 78.2 Å². The Kier molecular flexibility index (Phi) is 5.49. The summed E-state index contributed by atoms with van der Waals surface area (Å²) in [5.74, 6) is 0.852. The summed E-state index contributed by atoms with van der Waals surface area (Å²) in [6.07, 6.45) is 0. The molecule has 1 aromatic heterocycles. The highest BCUT2D eigenvalue weighted by molar-refractivity contribution is 7.77. The van der Waals surface area contributed by atoms with Gasteiger partial charge in [-0.25, -0.2) is 9.11 Å². The van der Waals surface area contributed by atoms with Crippen molar-refractivity contribution in [3.8, 4) is 22.8 Å². The SMILES string of the molecule is O=S([O-])NCc1cccc(-c2ccc(Oc3ccc(F)cc3)cc2)n1. The molecule has 25 heavy (non-hydrogen) atoms. The van der Waals surface area contributed by atoms with Gasteiger partial charge in [-0.05, 0) is 60.7 Å². The minimum atomic E-state index is -2.32. The number of hydrogen-bond acceptors (Lipinski definition) is 4. The van der Waals surface area contributed by atoms with Crippen LogP contribution in [0.1, 0.15) is 5.69 Å². The van der Waals surface area contributed by atoms with Gasteiger partial charge in [0.05, 0.1) is 11.4 Å². The molecule has 0 bridgehead atoms. The zero-order valence-electron chi connectivity index (χ0n) is 13.0. The zero-order chi connectivity index (χ0) is 17.6. The van der Waals surface area contributed by atoms with Gasteiger partial charge in [-0.2, -0.15) is 0 Å². The fraction of sp³-hybridized carbons (Fsp3) is 0.0556. The van der Waals surface area contributed by atoms with E-state index in [2.05, 4.69) is 9.71 Å². The smallest absolute Gasteiger partial charge is 0.127 e. The molecule has 128 valence electrons.